The van der Waals surface area contributed by atoms with E-state index in [4.69, 9.17) is 16.3 Å². The number of anilines is 1. The number of non-ortho nitro benzene ring substituents is 1. The zero-order valence-corrected chi connectivity index (χ0v) is 15.0. The number of thiophene rings is 1. The molecule has 3 aromatic rings. The van der Waals surface area contributed by atoms with Gasteiger partial charge in [0, 0.05) is 27.2 Å². The summed E-state index contributed by atoms with van der Waals surface area (Å²) in [6.45, 7) is -0.616. The second-order valence-corrected chi connectivity index (χ2v) is 6.86. The summed E-state index contributed by atoms with van der Waals surface area (Å²) in [6, 6.07) is 9.40. The van der Waals surface area contributed by atoms with Crippen LogP contribution in [0.15, 0.2) is 42.5 Å². The van der Waals surface area contributed by atoms with Crippen LogP contribution in [0.2, 0.25) is 5.02 Å². The van der Waals surface area contributed by atoms with Gasteiger partial charge in [-0.15, -0.1) is 11.3 Å². The van der Waals surface area contributed by atoms with Crippen LogP contribution in [0.3, 0.4) is 0 Å². The minimum Gasteiger partial charge on any atom is -0.451 e. The summed E-state index contributed by atoms with van der Waals surface area (Å²) in [6.07, 6.45) is 0. The molecule has 1 aromatic heterocycles. The number of rotatable bonds is 5. The summed E-state index contributed by atoms with van der Waals surface area (Å²) in [7, 11) is 0. The fourth-order valence-corrected chi connectivity index (χ4v) is 3.32. The van der Waals surface area contributed by atoms with Crippen molar-refractivity contribution < 1.29 is 23.6 Å². The highest BCUT2D eigenvalue weighted by molar-refractivity contribution is 7.20. The van der Waals surface area contributed by atoms with Crippen LogP contribution in [0.1, 0.15) is 9.67 Å². The third-order valence-corrected chi connectivity index (χ3v) is 4.78. The Morgan fingerprint density at radius 1 is 1.22 bits per heavy atom. The summed E-state index contributed by atoms with van der Waals surface area (Å²) < 4.78 is 19.2. The maximum absolute atomic E-state index is 13.6. The molecule has 7 nitrogen and oxygen atoms in total. The molecule has 1 heterocycles. The quantitative estimate of drug-likeness (QED) is 0.383. The summed E-state index contributed by atoms with van der Waals surface area (Å²) in [5.74, 6) is -2.19. The summed E-state index contributed by atoms with van der Waals surface area (Å²) >= 11 is 6.71. The van der Waals surface area contributed by atoms with Crippen LogP contribution >= 0.6 is 22.9 Å². The third-order valence-electron chi connectivity index (χ3n) is 3.45. The van der Waals surface area contributed by atoms with Gasteiger partial charge in [0.1, 0.15) is 10.7 Å². The number of nitrogens with one attached hydrogen (secondary N) is 1. The van der Waals surface area contributed by atoms with E-state index in [2.05, 4.69) is 5.32 Å². The van der Waals surface area contributed by atoms with Gasteiger partial charge in [-0.2, -0.15) is 0 Å². The number of nitro benzene ring substituents is 1. The van der Waals surface area contributed by atoms with Crippen molar-refractivity contribution in [2.45, 2.75) is 0 Å². The van der Waals surface area contributed by atoms with Crippen LogP contribution in [-0.4, -0.2) is 23.4 Å². The van der Waals surface area contributed by atoms with Gasteiger partial charge in [0.05, 0.1) is 10.6 Å². The molecular formula is C17H10ClFN2O5S. The first-order chi connectivity index (χ1) is 12.8. The monoisotopic (exact) mass is 408 g/mol. The molecule has 10 heteroatoms. The van der Waals surface area contributed by atoms with E-state index in [1.807, 2.05) is 0 Å². The summed E-state index contributed by atoms with van der Waals surface area (Å²) in [5.41, 5.74) is -0.181. The molecule has 2 aromatic carbocycles. The van der Waals surface area contributed by atoms with Crippen molar-refractivity contribution in [1.82, 2.24) is 0 Å². The standard InChI is InChI=1S/C17H10ClFN2O5S/c18-10-1-3-13(12(19)7-10)20-16(22)8-26-17(23)15-6-9-5-11(21(24)25)2-4-14(9)27-15/h1-7H,8H2,(H,20,22). The molecule has 0 bridgehead atoms. The van der Waals surface area contributed by atoms with Crippen LogP contribution in [0.25, 0.3) is 10.1 Å². The molecular weight excluding hydrogens is 399 g/mol. The van der Waals surface area contributed by atoms with Gasteiger partial charge in [-0.25, -0.2) is 9.18 Å². The average Bonchev–Trinajstić information content (AvgIpc) is 3.05. The van der Waals surface area contributed by atoms with Gasteiger partial charge in [-0.05, 0) is 30.3 Å². The highest BCUT2D eigenvalue weighted by Gasteiger charge is 2.16. The van der Waals surface area contributed by atoms with E-state index >= 15 is 0 Å². The van der Waals surface area contributed by atoms with Crippen molar-refractivity contribution in [2.75, 3.05) is 11.9 Å². The number of nitro groups is 1. The maximum atomic E-state index is 13.6. The molecule has 0 saturated carbocycles. The fourth-order valence-electron chi connectivity index (χ4n) is 2.22. The second-order valence-electron chi connectivity index (χ2n) is 5.34. The van der Waals surface area contributed by atoms with Crippen molar-refractivity contribution in [1.29, 1.82) is 0 Å². The van der Waals surface area contributed by atoms with Crippen molar-refractivity contribution in [2.24, 2.45) is 0 Å². The van der Waals surface area contributed by atoms with Crippen molar-refractivity contribution in [3.8, 4) is 0 Å². The number of fused-ring (bicyclic) bond motifs is 1. The highest BCUT2D eigenvalue weighted by atomic mass is 35.5. The molecule has 1 amide bonds. The number of nitrogens with zero attached hydrogens (tertiary/aromatic N) is 1. The number of carbonyl (C=O) groups is 2. The molecule has 0 atom stereocenters. The van der Waals surface area contributed by atoms with Gasteiger partial charge in [0.25, 0.3) is 11.6 Å². The Hall–Kier alpha value is -3.04. The Labute approximate surface area is 160 Å². The molecule has 0 radical (unpaired) electrons. The number of hydrogen-bond acceptors (Lipinski definition) is 6. The molecule has 1 N–H and O–H groups in total. The number of carbonyl (C=O) groups excluding carboxylic acids is 2. The Kier molecular flexibility index (Phi) is 5.33. The first kappa shape index (κ1) is 18.7. The summed E-state index contributed by atoms with van der Waals surface area (Å²) in [4.78, 5) is 34.4. The molecule has 0 aliphatic rings. The Bertz CT molecular complexity index is 1070. The maximum Gasteiger partial charge on any atom is 0.348 e. The van der Waals surface area contributed by atoms with Crippen LogP contribution < -0.4 is 5.32 Å². The molecule has 3 rings (SSSR count). The van der Waals surface area contributed by atoms with Crippen molar-refractivity contribution in [3.05, 3.63) is 68.3 Å². The molecule has 0 saturated heterocycles. The second kappa shape index (κ2) is 7.68. The van der Waals surface area contributed by atoms with Gasteiger partial charge < -0.3 is 10.1 Å². The van der Waals surface area contributed by atoms with Gasteiger partial charge in [0.2, 0.25) is 0 Å². The fraction of sp³-hybridized carbons (Fsp3) is 0.0588. The number of hydrogen-bond donors (Lipinski definition) is 1. The lowest BCUT2D eigenvalue weighted by Crippen LogP contribution is -2.21. The summed E-state index contributed by atoms with van der Waals surface area (Å²) in [5, 5.41) is 13.8. The normalized spacial score (nSPS) is 10.6. The lowest BCUT2D eigenvalue weighted by atomic mass is 10.2. The van der Waals surface area contributed by atoms with Gasteiger partial charge >= 0.3 is 5.97 Å². The molecule has 0 aliphatic heterocycles. The Morgan fingerprint density at radius 3 is 2.70 bits per heavy atom. The number of esters is 1. The zero-order chi connectivity index (χ0) is 19.6. The van der Waals surface area contributed by atoms with Crippen LogP contribution in [0.5, 0.6) is 0 Å². The van der Waals surface area contributed by atoms with Crippen molar-refractivity contribution in [3.63, 3.8) is 0 Å². The predicted octanol–water partition coefficient (Wildman–Crippen LogP) is 4.40. The number of ether oxygens (including phenoxy) is 1. The molecule has 138 valence electrons. The molecule has 0 spiro atoms. The minimum atomic E-state index is -0.759. The van der Waals surface area contributed by atoms with Gasteiger partial charge in [-0.3, -0.25) is 14.9 Å². The Balaban J connectivity index is 1.64. The smallest absolute Gasteiger partial charge is 0.348 e. The zero-order valence-electron chi connectivity index (χ0n) is 13.4. The topological polar surface area (TPSA) is 98.5 Å². The van der Waals surface area contributed by atoms with Crippen LogP contribution in [0.4, 0.5) is 15.8 Å². The predicted molar refractivity (Wildman–Crippen MR) is 98.8 cm³/mol. The van der Waals surface area contributed by atoms with E-state index in [1.54, 1.807) is 0 Å². The largest absolute Gasteiger partial charge is 0.451 e. The van der Waals surface area contributed by atoms with E-state index in [0.29, 0.717) is 10.1 Å². The van der Waals surface area contributed by atoms with Crippen LogP contribution in [-0.2, 0) is 9.53 Å². The van der Waals surface area contributed by atoms with E-state index in [0.717, 1.165) is 17.4 Å². The lowest BCUT2D eigenvalue weighted by molar-refractivity contribution is -0.384. The van der Waals surface area contributed by atoms with Crippen molar-refractivity contribution >= 4 is 56.3 Å². The first-order valence-corrected chi connectivity index (χ1v) is 8.63. The molecule has 0 unspecified atom stereocenters. The van der Waals surface area contributed by atoms with E-state index in [1.165, 1.54) is 36.4 Å². The van der Waals surface area contributed by atoms with E-state index in [-0.39, 0.29) is 21.3 Å². The average molecular weight is 409 g/mol. The molecule has 27 heavy (non-hydrogen) atoms. The minimum absolute atomic E-state index is 0.0883. The molecule has 0 fully saturated rings. The molecule has 0 aliphatic carbocycles. The van der Waals surface area contributed by atoms with E-state index in [9.17, 15) is 24.1 Å². The van der Waals surface area contributed by atoms with E-state index < -0.39 is 29.2 Å². The number of amides is 1. The SMILES string of the molecule is O=C(COC(=O)c1cc2cc([N+](=O)[O-])ccc2s1)Nc1ccc(Cl)cc1F. The van der Waals surface area contributed by atoms with Crippen LogP contribution in [0, 0.1) is 15.9 Å². The first-order valence-electron chi connectivity index (χ1n) is 7.43. The van der Waals surface area contributed by atoms with Gasteiger partial charge in [0.15, 0.2) is 6.61 Å². The number of benzene rings is 2. The highest BCUT2D eigenvalue weighted by Crippen LogP contribution is 2.29. The lowest BCUT2D eigenvalue weighted by Gasteiger charge is -2.07. The Morgan fingerprint density at radius 2 is 2.00 bits per heavy atom. The third kappa shape index (κ3) is 4.39. The number of halogens is 2. The van der Waals surface area contributed by atoms with Gasteiger partial charge in [-0.1, -0.05) is 11.6 Å².